The molecular weight excluding hydrogens is 500 g/mol. The van der Waals surface area contributed by atoms with E-state index in [2.05, 4.69) is 5.32 Å². The number of nitrogens with zero attached hydrogens (tertiary/aromatic N) is 3. The van der Waals surface area contributed by atoms with Crippen LogP contribution in [-0.4, -0.2) is 60.1 Å². The molecule has 0 bridgehead atoms. The van der Waals surface area contributed by atoms with E-state index in [4.69, 9.17) is 14.5 Å². The van der Waals surface area contributed by atoms with E-state index in [1.165, 1.54) is 11.8 Å². The Kier molecular flexibility index (Phi) is 9.25. The quantitative estimate of drug-likeness (QED) is 0.405. The summed E-state index contributed by atoms with van der Waals surface area (Å²) in [6.45, 7) is 7.88. The van der Waals surface area contributed by atoms with Crippen LogP contribution in [0.3, 0.4) is 0 Å². The van der Waals surface area contributed by atoms with E-state index in [0.29, 0.717) is 43.3 Å². The number of thioether (sulfide) groups is 1. The van der Waals surface area contributed by atoms with Gasteiger partial charge < -0.3 is 24.6 Å². The molecule has 2 aliphatic heterocycles. The van der Waals surface area contributed by atoms with Gasteiger partial charge in [-0.15, -0.1) is 0 Å². The van der Waals surface area contributed by atoms with E-state index in [1.807, 2.05) is 85.7 Å². The zero-order chi connectivity index (χ0) is 27.1. The van der Waals surface area contributed by atoms with Crippen LogP contribution in [0.25, 0.3) is 0 Å². The maximum absolute atomic E-state index is 13.8. The molecule has 38 heavy (non-hydrogen) atoms. The molecule has 2 amide bonds. The fourth-order valence-electron chi connectivity index (χ4n) is 4.53. The summed E-state index contributed by atoms with van der Waals surface area (Å²) >= 11 is 1.47. The van der Waals surface area contributed by atoms with Crippen molar-refractivity contribution >= 4 is 28.7 Å². The Morgan fingerprint density at radius 1 is 1.08 bits per heavy atom. The molecule has 8 nitrogen and oxygen atoms in total. The number of fused-ring (bicyclic) bond motifs is 1. The number of amides is 2. The fraction of sp³-hybridized carbons (Fsp3) is 0.345. The van der Waals surface area contributed by atoms with E-state index in [1.54, 1.807) is 12.0 Å². The van der Waals surface area contributed by atoms with Gasteiger partial charge >= 0.3 is 0 Å². The van der Waals surface area contributed by atoms with Crippen molar-refractivity contribution < 1.29 is 19.1 Å². The van der Waals surface area contributed by atoms with Crippen LogP contribution < -0.4 is 10.1 Å². The standard InChI is InChI=1S/C29H34N4O4S/c1-5-32(6-2)28(35)26-20(3)31-29-33(22(19-38-29)18-25(34)30-15-16-36-4)27(26)21-11-10-14-24(17-21)37-23-12-8-7-9-13-23/h7-14,17,19,27H,5-6,15-16,18H2,1-4H3,(H,30,34). The minimum absolute atomic E-state index is 0.0597. The van der Waals surface area contributed by atoms with E-state index in [-0.39, 0.29) is 18.2 Å². The SMILES string of the molecule is CCN(CC)C(=O)C1=C(C)N=C2SC=C(CC(=O)NCCOC)N2C1c1cccc(Oc2ccccc2)c1. The molecule has 200 valence electrons. The number of likely N-dealkylation sites (N-methyl/N-ethyl adjacent to an activating group) is 1. The number of aliphatic imine (C=N–C) groups is 1. The summed E-state index contributed by atoms with van der Waals surface area (Å²) in [5, 5.41) is 5.58. The molecule has 1 N–H and O–H groups in total. The first-order chi connectivity index (χ1) is 18.5. The van der Waals surface area contributed by atoms with Gasteiger partial charge in [0, 0.05) is 32.4 Å². The second-order valence-corrected chi connectivity index (χ2v) is 9.71. The number of amidine groups is 1. The van der Waals surface area contributed by atoms with Gasteiger partial charge in [-0.3, -0.25) is 9.59 Å². The van der Waals surface area contributed by atoms with Crippen LogP contribution in [0.2, 0.25) is 0 Å². The average Bonchev–Trinajstić information content (AvgIpc) is 3.31. The predicted octanol–water partition coefficient (Wildman–Crippen LogP) is 5.07. The van der Waals surface area contributed by atoms with Gasteiger partial charge in [-0.1, -0.05) is 42.1 Å². The number of allylic oxidation sites excluding steroid dienone is 1. The lowest BCUT2D eigenvalue weighted by Crippen LogP contribution is -2.42. The van der Waals surface area contributed by atoms with Crippen molar-refractivity contribution in [1.82, 2.24) is 15.1 Å². The van der Waals surface area contributed by atoms with Gasteiger partial charge in [-0.2, -0.15) is 0 Å². The van der Waals surface area contributed by atoms with Gasteiger partial charge in [0.25, 0.3) is 5.91 Å². The third-order valence-electron chi connectivity index (χ3n) is 6.40. The maximum atomic E-state index is 13.8. The second kappa shape index (κ2) is 12.8. The molecule has 0 radical (unpaired) electrons. The van der Waals surface area contributed by atoms with Crippen LogP contribution >= 0.6 is 11.8 Å². The summed E-state index contributed by atoms with van der Waals surface area (Å²) in [5.41, 5.74) is 2.95. The highest BCUT2D eigenvalue weighted by atomic mass is 32.2. The Hall–Kier alpha value is -3.56. The number of hydrogen-bond acceptors (Lipinski definition) is 7. The molecule has 0 aromatic heterocycles. The van der Waals surface area contributed by atoms with Gasteiger partial charge in [0.1, 0.15) is 11.5 Å². The summed E-state index contributed by atoms with van der Waals surface area (Å²) in [6.07, 6.45) is 0.165. The number of para-hydroxylation sites is 1. The fourth-order valence-corrected chi connectivity index (χ4v) is 5.50. The van der Waals surface area contributed by atoms with E-state index >= 15 is 0 Å². The molecule has 0 spiro atoms. The molecule has 2 aromatic carbocycles. The zero-order valence-electron chi connectivity index (χ0n) is 22.3. The molecule has 9 heteroatoms. The second-order valence-electron chi connectivity index (χ2n) is 8.88. The molecule has 2 aromatic rings. The molecule has 0 saturated carbocycles. The van der Waals surface area contributed by atoms with Crippen molar-refractivity contribution in [2.24, 2.45) is 4.99 Å². The highest BCUT2D eigenvalue weighted by Crippen LogP contribution is 2.45. The number of benzene rings is 2. The summed E-state index contributed by atoms with van der Waals surface area (Å²) in [6, 6.07) is 16.9. The van der Waals surface area contributed by atoms with Crippen molar-refractivity contribution in [3.63, 3.8) is 0 Å². The minimum atomic E-state index is -0.456. The van der Waals surface area contributed by atoms with Gasteiger partial charge in [-0.25, -0.2) is 4.99 Å². The molecule has 0 saturated heterocycles. The Balaban J connectivity index is 1.72. The van der Waals surface area contributed by atoms with Gasteiger partial charge in [0.15, 0.2) is 5.17 Å². The Bertz CT molecular complexity index is 1250. The molecule has 0 fully saturated rings. The minimum Gasteiger partial charge on any atom is -0.457 e. The van der Waals surface area contributed by atoms with E-state index < -0.39 is 6.04 Å². The highest BCUT2D eigenvalue weighted by Gasteiger charge is 2.41. The van der Waals surface area contributed by atoms with Gasteiger partial charge in [0.05, 0.1) is 30.3 Å². The predicted molar refractivity (Wildman–Crippen MR) is 151 cm³/mol. The lowest BCUT2D eigenvalue weighted by Gasteiger charge is -2.38. The van der Waals surface area contributed by atoms with Crippen molar-refractivity contribution in [2.45, 2.75) is 33.2 Å². The first-order valence-electron chi connectivity index (χ1n) is 12.8. The smallest absolute Gasteiger partial charge is 0.254 e. The molecule has 2 aliphatic rings. The Morgan fingerprint density at radius 3 is 2.53 bits per heavy atom. The number of methoxy groups -OCH3 is 1. The van der Waals surface area contributed by atoms with Crippen LogP contribution in [0.15, 0.2) is 82.0 Å². The highest BCUT2D eigenvalue weighted by molar-refractivity contribution is 8.16. The summed E-state index contributed by atoms with van der Waals surface area (Å²) in [5.74, 6) is 1.22. The Labute approximate surface area is 228 Å². The van der Waals surface area contributed by atoms with Crippen molar-refractivity contribution in [3.05, 3.63) is 82.5 Å². The summed E-state index contributed by atoms with van der Waals surface area (Å²) in [4.78, 5) is 35.2. The summed E-state index contributed by atoms with van der Waals surface area (Å²) in [7, 11) is 1.60. The topological polar surface area (TPSA) is 83.5 Å². The maximum Gasteiger partial charge on any atom is 0.254 e. The van der Waals surface area contributed by atoms with Crippen LogP contribution in [0.1, 0.15) is 38.8 Å². The van der Waals surface area contributed by atoms with Crippen LogP contribution in [0.4, 0.5) is 0 Å². The molecule has 1 atom stereocenters. The lowest BCUT2D eigenvalue weighted by atomic mass is 9.92. The van der Waals surface area contributed by atoms with Crippen LogP contribution in [0, 0.1) is 0 Å². The van der Waals surface area contributed by atoms with Crippen molar-refractivity contribution in [2.75, 3.05) is 33.4 Å². The molecule has 4 rings (SSSR count). The third-order valence-corrected chi connectivity index (χ3v) is 7.29. The van der Waals surface area contributed by atoms with Gasteiger partial charge in [-0.05, 0) is 56.0 Å². The van der Waals surface area contributed by atoms with E-state index in [0.717, 1.165) is 22.2 Å². The molecule has 2 heterocycles. The third kappa shape index (κ3) is 6.11. The number of hydrogen-bond donors (Lipinski definition) is 1. The van der Waals surface area contributed by atoms with E-state index in [9.17, 15) is 9.59 Å². The van der Waals surface area contributed by atoms with Gasteiger partial charge in [0.2, 0.25) is 5.91 Å². The lowest BCUT2D eigenvalue weighted by molar-refractivity contribution is -0.127. The van der Waals surface area contributed by atoms with Crippen LogP contribution in [-0.2, 0) is 14.3 Å². The molecule has 1 unspecified atom stereocenters. The first-order valence-corrected chi connectivity index (χ1v) is 13.7. The normalized spacial score (nSPS) is 16.5. The number of carbonyl (C=O) groups is 2. The number of rotatable bonds is 11. The number of ether oxygens (including phenoxy) is 2. The summed E-state index contributed by atoms with van der Waals surface area (Å²) < 4.78 is 11.2. The van der Waals surface area contributed by atoms with Crippen molar-refractivity contribution in [1.29, 1.82) is 0 Å². The van der Waals surface area contributed by atoms with Crippen molar-refractivity contribution in [3.8, 4) is 11.5 Å². The molecule has 0 aliphatic carbocycles. The number of nitrogens with one attached hydrogen (secondary N) is 1. The van der Waals surface area contributed by atoms with Crippen LogP contribution in [0.5, 0.6) is 11.5 Å². The average molecular weight is 535 g/mol. The first kappa shape index (κ1) is 27.5. The molecular formula is C29H34N4O4S. The largest absolute Gasteiger partial charge is 0.457 e. The number of carbonyl (C=O) groups excluding carboxylic acids is 2. The monoisotopic (exact) mass is 534 g/mol. The Morgan fingerprint density at radius 2 is 1.82 bits per heavy atom. The zero-order valence-corrected chi connectivity index (χ0v) is 23.1.